The molecule has 0 aliphatic carbocycles. The second-order valence-corrected chi connectivity index (χ2v) is 8.39. The summed E-state index contributed by atoms with van der Waals surface area (Å²) in [5, 5.41) is 11.6. The number of nitrogens with zero attached hydrogens (tertiary/aromatic N) is 4. The van der Waals surface area contributed by atoms with E-state index in [4.69, 9.17) is 9.47 Å². The van der Waals surface area contributed by atoms with Gasteiger partial charge in [0.25, 0.3) is 5.91 Å². The Hall–Kier alpha value is -3.95. The van der Waals surface area contributed by atoms with Crippen LogP contribution in [0.2, 0.25) is 0 Å². The van der Waals surface area contributed by atoms with E-state index in [9.17, 15) is 14.4 Å². The topological polar surface area (TPSA) is 117 Å². The Labute approximate surface area is 204 Å². The number of carbonyl (C=O) groups excluding carboxylic acids is 3. The number of hydrogen-bond acceptors (Lipinski definition) is 7. The van der Waals surface area contributed by atoms with E-state index < -0.39 is 18.0 Å². The molecule has 3 aromatic rings. The van der Waals surface area contributed by atoms with Gasteiger partial charge >= 0.3 is 11.9 Å². The van der Waals surface area contributed by atoms with E-state index in [0.29, 0.717) is 23.4 Å². The second kappa shape index (κ2) is 10.5. The SMILES string of the molecule is COC(=O)CCc1c(C)nn(-c2ccc(C(=O)OC(C)C(=O)Nc3c(C)nn(C)c3C)cc2)c1C. The van der Waals surface area contributed by atoms with Crippen LogP contribution in [0, 0.1) is 27.7 Å². The summed E-state index contributed by atoms with van der Waals surface area (Å²) in [5.41, 5.74) is 5.90. The number of rotatable bonds is 8. The van der Waals surface area contributed by atoms with Crippen molar-refractivity contribution in [2.75, 3.05) is 12.4 Å². The van der Waals surface area contributed by atoms with Gasteiger partial charge in [0.15, 0.2) is 6.10 Å². The minimum absolute atomic E-state index is 0.270. The fourth-order valence-electron chi connectivity index (χ4n) is 3.82. The number of esters is 2. The molecule has 0 saturated carbocycles. The molecular formula is C25H31N5O5. The lowest BCUT2D eigenvalue weighted by Crippen LogP contribution is -2.30. The molecule has 0 bridgehead atoms. The molecule has 10 heteroatoms. The number of aryl methyl sites for hydroxylation is 3. The lowest BCUT2D eigenvalue weighted by molar-refractivity contribution is -0.140. The van der Waals surface area contributed by atoms with Crippen molar-refractivity contribution in [2.45, 2.75) is 53.6 Å². The van der Waals surface area contributed by atoms with Crippen LogP contribution in [0.4, 0.5) is 5.69 Å². The Balaban J connectivity index is 1.67. The average molecular weight is 482 g/mol. The summed E-state index contributed by atoms with van der Waals surface area (Å²) in [7, 11) is 3.16. The molecule has 1 aromatic carbocycles. The maximum atomic E-state index is 12.6. The number of amides is 1. The van der Waals surface area contributed by atoms with Gasteiger partial charge in [-0.25, -0.2) is 9.48 Å². The molecule has 0 aliphatic rings. The predicted molar refractivity (Wildman–Crippen MR) is 130 cm³/mol. The van der Waals surface area contributed by atoms with Gasteiger partial charge in [0.1, 0.15) is 0 Å². The molecule has 1 N–H and O–H groups in total. The monoisotopic (exact) mass is 481 g/mol. The molecule has 1 amide bonds. The number of ether oxygens (including phenoxy) is 2. The molecule has 1 unspecified atom stereocenters. The zero-order valence-electron chi connectivity index (χ0n) is 21.1. The van der Waals surface area contributed by atoms with E-state index in [1.165, 1.54) is 14.0 Å². The van der Waals surface area contributed by atoms with Crippen molar-refractivity contribution >= 4 is 23.5 Å². The van der Waals surface area contributed by atoms with E-state index in [2.05, 4.69) is 15.5 Å². The third-order valence-corrected chi connectivity index (χ3v) is 6.01. The maximum Gasteiger partial charge on any atom is 0.338 e. The first-order valence-electron chi connectivity index (χ1n) is 11.3. The van der Waals surface area contributed by atoms with Crippen LogP contribution in [0.3, 0.4) is 0 Å². The van der Waals surface area contributed by atoms with Crippen molar-refractivity contribution in [3.8, 4) is 5.69 Å². The summed E-state index contributed by atoms with van der Waals surface area (Å²) in [6, 6.07) is 6.77. The highest BCUT2D eigenvalue weighted by molar-refractivity contribution is 5.98. The van der Waals surface area contributed by atoms with Gasteiger partial charge in [-0.15, -0.1) is 0 Å². The van der Waals surface area contributed by atoms with Gasteiger partial charge in [0.2, 0.25) is 0 Å². The molecule has 2 aromatic heterocycles. The van der Waals surface area contributed by atoms with Crippen LogP contribution in [0.1, 0.15) is 52.0 Å². The van der Waals surface area contributed by atoms with E-state index in [1.807, 2.05) is 20.8 Å². The second-order valence-electron chi connectivity index (χ2n) is 8.39. The molecule has 2 heterocycles. The van der Waals surface area contributed by atoms with Crippen molar-refractivity contribution in [3.05, 3.63) is 58.2 Å². The third kappa shape index (κ3) is 5.59. The summed E-state index contributed by atoms with van der Waals surface area (Å²) in [6.07, 6.45) is -0.179. The van der Waals surface area contributed by atoms with Gasteiger partial charge in [-0.3, -0.25) is 14.3 Å². The highest BCUT2D eigenvalue weighted by atomic mass is 16.5. The van der Waals surface area contributed by atoms with Crippen LogP contribution < -0.4 is 5.32 Å². The van der Waals surface area contributed by atoms with Crippen LogP contribution >= 0.6 is 0 Å². The van der Waals surface area contributed by atoms with Crippen molar-refractivity contribution in [3.63, 3.8) is 0 Å². The van der Waals surface area contributed by atoms with Crippen LogP contribution in [0.25, 0.3) is 5.69 Å². The molecule has 0 spiro atoms. The number of methoxy groups -OCH3 is 1. The quantitative estimate of drug-likeness (QED) is 0.491. The van der Waals surface area contributed by atoms with E-state index in [0.717, 1.165) is 28.3 Å². The summed E-state index contributed by atoms with van der Waals surface area (Å²) >= 11 is 0. The van der Waals surface area contributed by atoms with Crippen molar-refractivity contribution < 1.29 is 23.9 Å². The van der Waals surface area contributed by atoms with E-state index in [-0.39, 0.29) is 12.4 Å². The molecule has 0 aliphatic heterocycles. The standard InChI is InChI=1S/C25H31N5O5/c1-14-21(12-13-22(31)34-7)16(3)30(28-14)20-10-8-19(9-11-20)25(33)35-18(5)24(32)26-23-15(2)27-29(6)17(23)4/h8-11,18H,12-13H2,1-7H3,(H,26,32). The molecular weight excluding hydrogens is 450 g/mol. The molecule has 0 radical (unpaired) electrons. The van der Waals surface area contributed by atoms with Crippen molar-refractivity contribution in [1.82, 2.24) is 19.6 Å². The fourth-order valence-corrected chi connectivity index (χ4v) is 3.82. The first kappa shape index (κ1) is 25.7. The fraction of sp³-hybridized carbons (Fsp3) is 0.400. The molecule has 186 valence electrons. The van der Waals surface area contributed by atoms with Gasteiger partial charge in [-0.2, -0.15) is 10.2 Å². The Morgan fingerprint density at radius 2 is 1.66 bits per heavy atom. The molecule has 0 fully saturated rings. The van der Waals surface area contributed by atoms with Gasteiger partial charge in [0.05, 0.1) is 41.1 Å². The molecule has 35 heavy (non-hydrogen) atoms. The maximum absolute atomic E-state index is 12.6. The van der Waals surface area contributed by atoms with E-state index in [1.54, 1.807) is 47.6 Å². The molecule has 10 nitrogen and oxygen atoms in total. The number of carbonyl (C=O) groups is 3. The Kier molecular flexibility index (Phi) is 7.73. The number of nitrogens with one attached hydrogen (secondary N) is 1. The van der Waals surface area contributed by atoms with Gasteiger partial charge in [0, 0.05) is 19.2 Å². The lowest BCUT2D eigenvalue weighted by Gasteiger charge is -2.14. The van der Waals surface area contributed by atoms with Crippen LogP contribution in [-0.2, 0) is 32.5 Å². The number of hydrogen-bond donors (Lipinski definition) is 1. The highest BCUT2D eigenvalue weighted by Crippen LogP contribution is 2.21. The van der Waals surface area contributed by atoms with Crippen molar-refractivity contribution in [2.24, 2.45) is 7.05 Å². The van der Waals surface area contributed by atoms with Gasteiger partial charge in [-0.05, 0) is 70.9 Å². The Bertz CT molecular complexity index is 1260. The number of aromatic nitrogens is 4. The van der Waals surface area contributed by atoms with Crippen molar-refractivity contribution in [1.29, 1.82) is 0 Å². The number of anilines is 1. The van der Waals surface area contributed by atoms with E-state index >= 15 is 0 Å². The normalized spacial score (nSPS) is 11.7. The van der Waals surface area contributed by atoms with Crippen LogP contribution in [0.5, 0.6) is 0 Å². The average Bonchev–Trinajstić information content (AvgIpc) is 3.25. The molecule has 1 atom stereocenters. The zero-order valence-corrected chi connectivity index (χ0v) is 21.1. The minimum atomic E-state index is -0.991. The summed E-state index contributed by atoms with van der Waals surface area (Å²) < 4.78 is 13.5. The van der Waals surface area contributed by atoms with Gasteiger partial charge < -0.3 is 14.8 Å². The predicted octanol–water partition coefficient (Wildman–Crippen LogP) is 3.13. The van der Waals surface area contributed by atoms with Crippen LogP contribution in [0.15, 0.2) is 24.3 Å². The molecule has 0 saturated heterocycles. The first-order chi connectivity index (χ1) is 16.5. The van der Waals surface area contributed by atoms with Crippen LogP contribution in [-0.4, -0.2) is 50.6 Å². The number of benzene rings is 1. The zero-order chi connectivity index (χ0) is 25.9. The van der Waals surface area contributed by atoms with Gasteiger partial charge in [-0.1, -0.05) is 0 Å². The third-order valence-electron chi connectivity index (χ3n) is 6.01. The lowest BCUT2D eigenvalue weighted by atomic mass is 10.1. The summed E-state index contributed by atoms with van der Waals surface area (Å²) in [6.45, 7) is 8.99. The Morgan fingerprint density at radius 3 is 2.23 bits per heavy atom. The largest absolute Gasteiger partial charge is 0.469 e. The summed E-state index contributed by atoms with van der Waals surface area (Å²) in [4.78, 5) is 36.7. The molecule has 3 rings (SSSR count). The Morgan fingerprint density at radius 1 is 1.00 bits per heavy atom. The highest BCUT2D eigenvalue weighted by Gasteiger charge is 2.22. The minimum Gasteiger partial charge on any atom is -0.469 e. The summed E-state index contributed by atoms with van der Waals surface area (Å²) in [5.74, 6) is -1.31. The first-order valence-corrected chi connectivity index (χ1v) is 11.3. The smallest absolute Gasteiger partial charge is 0.338 e.